The van der Waals surface area contributed by atoms with Gasteiger partial charge in [-0.1, -0.05) is 35.9 Å². The number of hydrogen-bond donors (Lipinski definition) is 1. The fourth-order valence-electron chi connectivity index (χ4n) is 2.26. The van der Waals surface area contributed by atoms with Gasteiger partial charge in [0.15, 0.2) is 0 Å². The highest BCUT2D eigenvalue weighted by atomic mass is 35.5. The van der Waals surface area contributed by atoms with E-state index in [0.717, 1.165) is 21.2 Å². The molecule has 0 fully saturated rings. The first kappa shape index (κ1) is 13.6. The van der Waals surface area contributed by atoms with Crippen LogP contribution in [0.2, 0.25) is 5.02 Å². The number of benzene rings is 2. The highest BCUT2D eigenvalue weighted by Gasteiger charge is 2.14. The zero-order valence-corrected chi connectivity index (χ0v) is 12.1. The molecule has 0 spiro atoms. The van der Waals surface area contributed by atoms with E-state index in [-0.39, 0.29) is 5.02 Å². The molecule has 1 aromatic heterocycles. The summed E-state index contributed by atoms with van der Waals surface area (Å²) >= 11 is 7.26. The average Bonchev–Trinajstić information content (AvgIpc) is 2.87. The molecule has 0 bridgehead atoms. The topological polar surface area (TPSA) is 20.2 Å². The van der Waals surface area contributed by atoms with Crippen LogP contribution < -0.4 is 0 Å². The van der Waals surface area contributed by atoms with Crippen molar-refractivity contribution in [2.75, 3.05) is 0 Å². The zero-order chi connectivity index (χ0) is 14.1. The van der Waals surface area contributed by atoms with Gasteiger partial charge in [0.25, 0.3) is 0 Å². The molecule has 4 heteroatoms. The standard InChI is InChI=1S/C16H12ClFOS/c17-13-6-5-10(7-14(13)18)8-15(19)12-9-20-16-4-2-1-3-11(12)16/h1-7,9,15,19H,8H2. The molecule has 0 saturated carbocycles. The molecule has 1 heterocycles. The second-order valence-electron chi connectivity index (χ2n) is 4.66. The van der Waals surface area contributed by atoms with E-state index in [9.17, 15) is 9.50 Å². The molecule has 1 nitrogen and oxygen atoms in total. The Kier molecular flexibility index (Phi) is 3.74. The van der Waals surface area contributed by atoms with Crippen molar-refractivity contribution in [2.45, 2.75) is 12.5 Å². The summed E-state index contributed by atoms with van der Waals surface area (Å²) in [6.07, 6.45) is -0.277. The van der Waals surface area contributed by atoms with Crippen molar-refractivity contribution >= 4 is 33.0 Å². The molecule has 1 N–H and O–H groups in total. The van der Waals surface area contributed by atoms with Crippen LogP contribution in [0.5, 0.6) is 0 Å². The molecule has 3 rings (SSSR count). The van der Waals surface area contributed by atoms with E-state index < -0.39 is 11.9 Å². The summed E-state index contributed by atoms with van der Waals surface area (Å²) in [6.45, 7) is 0. The molecule has 20 heavy (non-hydrogen) atoms. The maximum atomic E-state index is 13.4. The van der Waals surface area contributed by atoms with Gasteiger partial charge in [-0.15, -0.1) is 11.3 Å². The van der Waals surface area contributed by atoms with E-state index in [2.05, 4.69) is 0 Å². The van der Waals surface area contributed by atoms with Gasteiger partial charge in [-0.25, -0.2) is 4.39 Å². The largest absolute Gasteiger partial charge is 0.388 e. The molecule has 3 aromatic rings. The Bertz CT molecular complexity index is 753. The Morgan fingerprint density at radius 1 is 1.20 bits per heavy atom. The number of aliphatic hydroxyl groups is 1. The molecule has 0 aliphatic rings. The highest BCUT2D eigenvalue weighted by molar-refractivity contribution is 7.17. The van der Waals surface area contributed by atoms with Gasteiger partial charge in [0.05, 0.1) is 11.1 Å². The number of thiophene rings is 1. The Morgan fingerprint density at radius 2 is 2.00 bits per heavy atom. The second-order valence-corrected chi connectivity index (χ2v) is 5.97. The highest BCUT2D eigenvalue weighted by Crippen LogP contribution is 2.32. The molecular weight excluding hydrogens is 295 g/mol. The molecule has 0 saturated heterocycles. The maximum absolute atomic E-state index is 13.4. The second kappa shape index (κ2) is 5.52. The zero-order valence-electron chi connectivity index (χ0n) is 10.5. The summed E-state index contributed by atoms with van der Waals surface area (Å²) in [7, 11) is 0. The number of aliphatic hydroxyl groups excluding tert-OH is 1. The lowest BCUT2D eigenvalue weighted by molar-refractivity contribution is 0.180. The Morgan fingerprint density at radius 3 is 2.80 bits per heavy atom. The molecule has 0 aliphatic heterocycles. The first-order valence-electron chi connectivity index (χ1n) is 6.23. The number of halogens is 2. The van der Waals surface area contributed by atoms with Gasteiger partial charge in [0.1, 0.15) is 5.82 Å². The van der Waals surface area contributed by atoms with Crippen molar-refractivity contribution in [2.24, 2.45) is 0 Å². The van der Waals surface area contributed by atoms with E-state index in [1.807, 2.05) is 29.6 Å². The first-order chi connectivity index (χ1) is 9.65. The molecule has 1 unspecified atom stereocenters. The van der Waals surface area contributed by atoms with E-state index in [4.69, 9.17) is 11.6 Å². The monoisotopic (exact) mass is 306 g/mol. The lowest BCUT2D eigenvalue weighted by Crippen LogP contribution is -2.01. The van der Waals surface area contributed by atoms with Gasteiger partial charge in [-0.2, -0.15) is 0 Å². The lowest BCUT2D eigenvalue weighted by atomic mass is 10.0. The predicted molar refractivity (Wildman–Crippen MR) is 81.9 cm³/mol. The fraction of sp³-hybridized carbons (Fsp3) is 0.125. The van der Waals surface area contributed by atoms with Crippen LogP contribution in [0.4, 0.5) is 4.39 Å². The third-order valence-corrected chi connectivity index (χ3v) is 4.57. The van der Waals surface area contributed by atoms with Crippen molar-refractivity contribution in [3.63, 3.8) is 0 Å². The van der Waals surface area contributed by atoms with Crippen molar-refractivity contribution in [1.82, 2.24) is 0 Å². The maximum Gasteiger partial charge on any atom is 0.142 e. The van der Waals surface area contributed by atoms with Crippen LogP contribution in [0.3, 0.4) is 0 Å². The summed E-state index contributed by atoms with van der Waals surface area (Å²) in [5.74, 6) is -0.452. The van der Waals surface area contributed by atoms with Crippen LogP contribution in [-0.4, -0.2) is 5.11 Å². The average molecular weight is 307 g/mol. The predicted octanol–water partition coefficient (Wildman–Crippen LogP) is 4.97. The SMILES string of the molecule is OC(Cc1ccc(Cl)c(F)c1)c1csc2ccccc12. The van der Waals surface area contributed by atoms with Gasteiger partial charge in [-0.05, 0) is 40.1 Å². The summed E-state index contributed by atoms with van der Waals surface area (Å²) in [5.41, 5.74) is 1.62. The van der Waals surface area contributed by atoms with Crippen LogP contribution in [0.25, 0.3) is 10.1 Å². The minimum atomic E-state index is -0.647. The van der Waals surface area contributed by atoms with E-state index in [0.29, 0.717) is 6.42 Å². The Balaban J connectivity index is 1.89. The van der Waals surface area contributed by atoms with E-state index >= 15 is 0 Å². The number of rotatable bonds is 3. The summed E-state index contributed by atoms with van der Waals surface area (Å²) in [4.78, 5) is 0. The Labute approximate surface area is 125 Å². The molecule has 102 valence electrons. The molecule has 0 radical (unpaired) electrons. The molecule has 1 atom stereocenters. The van der Waals surface area contributed by atoms with Gasteiger partial charge in [0.2, 0.25) is 0 Å². The molecule has 0 amide bonds. The lowest BCUT2D eigenvalue weighted by Gasteiger charge is -2.10. The third-order valence-electron chi connectivity index (χ3n) is 3.28. The van der Waals surface area contributed by atoms with Gasteiger partial charge >= 0.3 is 0 Å². The smallest absolute Gasteiger partial charge is 0.142 e. The summed E-state index contributed by atoms with van der Waals surface area (Å²) < 4.78 is 14.6. The van der Waals surface area contributed by atoms with E-state index in [1.165, 1.54) is 12.1 Å². The van der Waals surface area contributed by atoms with Crippen molar-refractivity contribution < 1.29 is 9.50 Å². The third kappa shape index (κ3) is 2.57. The van der Waals surface area contributed by atoms with Crippen LogP contribution >= 0.6 is 22.9 Å². The van der Waals surface area contributed by atoms with Crippen molar-refractivity contribution in [3.05, 3.63) is 69.8 Å². The molecule has 2 aromatic carbocycles. The van der Waals surface area contributed by atoms with Crippen molar-refractivity contribution in [1.29, 1.82) is 0 Å². The van der Waals surface area contributed by atoms with Crippen LogP contribution in [0, 0.1) is 5.82 Å². The molecule has 0 aliphatic carbocycles. The fourth-order valence-corrected chi connectivity index (χ4v) is 3.38. The van der Waals surface area contributed by atoms with Crippen LogP contribution in [0.1, 0.15) is 17.2 Å². The number of hydrogen-bond acceptors (Lipinski definition) is 2. The van der Waals surface area contributed by atoms with Crippen LogP contribution in [-0.2, 0) is 6.42 Å². The quantitative estimate of drug-likeness (QED) is 0.724. The van der Waals surface area contributed by atoms with Gasteiger partial charge < -0.3 is 5.11 Å². The first-order valence-corrected chi connectivity index (χ1v) is 7.49. The summed E-state index contributed by atoms with van der Waals surface area (Å²) in [5, 5.41) is 13.5. The molecular formula is C16H12ClFOS. The van der Waals surface area contributed by atoms with Crippen LogP contribution in [0.15, 0.2) is 47.8 Å². The Hall–Kier alpha value is -1.42. The summed E-state index contributed by atoms with van der Waals surface area (Å²) in [6, 6.07) is 12.6. The minimum Gasteiger partial charge on any atom is -0.388 e. The van der Waals surface area contributed by atoms with E-state index in [1.54, 1.807) is 17.4 Å². The van der Waals surface area contributed by atoms with Gasteiger partial charge in [-0.3, -0.25) is 0 Å². The number of fused-ring (bicyclic) bond motifs is 1. The van der Waals surface area contributed by atoms with Crippen molar-refractivity contribution in [3.8, 4) is 0 Å². The van der Waals surface area contributed by atoms with Gasteiger partial charge in [0, 0.05) is 11.1 Å². The minimum absolute atomic E-state index is 0.101. The normalized spacial score (nSPS) is 12.8.